The van der Waals surface area contributed by atoms with E-state index < -0.39 is 0 Å². The maximum atomic E-state index is 12.5. The molecule has 0 spiro atoms. The van der Waals surface area contributed by atoms with Gasteiger partial charge in [-0.25, -0.2) is 0 Å². The van der Waals surface area contributed by atoms with Gasteiger partial charge in [-0.05, 0) is 42.5 Å². The van der Waals surface area contributed by atoms with E-state index in [2.05, 4.69) is 0 Å². The Morgan fingerprint density at radius 3 is 2.83 bits per heavy atom. The van der Waals surface area contributed by atoms with E-state index in [9.17, 15) is 9.90 Å². The molecule has 0 saturated heterocycles. The van der Waals surface area contributed by atoms with Crippen LogP contribution in [0.1, 0.15) is 18.9 Å². The van der Waals surface area contributed by atoms with Crippen LogP contribution < -0.4 is 5.56 Å². The van der Waals surface area contributed by atoms with Crippen molar-refractivity contribution in [1.82, 2.24) is 4.57 Å². The molecule has 3 aromatic rings. The lowest BCUT2D eigenvalue weighted by Crippen LogP contribution is -2.18. The van der Waals surface area contributed by atoms with Crippen LogP contribution in [-0.4, -0.2) is 9.67 Å². The zero-order chi connectivity index (χ0) is 12.3. The number of pyridine rings is 1. The van der Waals surface area contributed by atoms with Gasteiger partial charge in [0, 0.05) is 16.8 Å². The molecule has 0 radical (unpaired) electrons. The van der Waals surface area contributed by atoms with E-state index in [4.69, 9.17) is 0 Å². The van der Waals surface area contributed by atoms with Crippen molar-refractivity contribution in [2.75, 3.05) is 0 Å². The first kappa shape index (κ1) is 10.1. The van der Waals surface area contributed by atoms with Crippen LogP contribution in [-0.2, 0) is 0 Å². The van der Waals surface area contributed by atoms with Gasteiger partial charge in [-0.15, -0.1) is 11.3 Å². The molecule has 1 saturated carbocycles. The van der Waals surface area contributed by atoms with Crippen LogP contribution in [0.5, 0.6) is 5.75 Å². The highest BCUT2D eigenvalue weighted by molar-refractivity contribution is 7.17. The average molecular weight is 257 g/mol. The maximum absolute atomic E-state index is 12.5. The zero-order valence-corrected chi connectivity index (χ0v) is 10.4. The first-order valence-corrected chi connectivity index (χ1v) is 6.88. The SMILES string of the molecule is O=c1c2sccc2c2cc(O)ccc2n1C1CC1. The van der Waals surface area contributed by atoms with Crippen molar-refractivity contribution in [2.24, 2.45) is 0 Å². The van der Waals surface area contributed by atoms with Crippen LogP contribution >= 0.6 is 11.3 Å². The summed E-state index contributed by atoms with van der Waals surface area (Å²) in [5, 5.41) is 13.5. The standard InChI is InChI=1S/C14H11NO2S/c16-9-3-4-12-11(7-9)10-5-6-18-13(10)14(17)15(12)8-1-2-8/h3-8,16H,1-2H2. The zero-order valence-electron chi connectivity index (χ0n) is 9.59. The Labute approximate surface area is 107 Å². The second-order valence-corrected chi connectivity index (χ2v) is 5.69. The van der Waals surface area contributed by atoms with Crippen LogP contribution in [0, 0.1) is 0 Å². The van der Waals surface area contributed by atoms with Crippen molar-refractivity contribution in [1.29, 1.82) is 0 Å². The molecule has 0 bridgehead atoms. The third kappa shape index (κ3) is 1.26. The van der Waals surface area contributed by atoms with Crippen LogP contribution in [0.15, 0.2) is 34.4 Å². The summed E-state index contributed by atoms with van der Waals surface area (Å²) in [7, 11) is 0. The average Bonchev–Trinajstić information content (AvgIpc) is 3.06. The Bertz CT molecular complexity index is 827. The highest BCUT2D eigenvalue weighted by Crippen LogP contribution is 2.38. The number of rotatable bonds is 1. The Kier molecular flexibility index (Phi) is 1.89. The van der Waals surface area contributed by atoms with Crippen LogP contribution in [0.4, 0.5) is 0 Å². The minimum Gasteiger partial charge on any atom is -0.508 e. The summed E-state index contributed by atoms with van der Waals surface area (Å²) in [5.74, 6) is 0.246. The lowest BCUT2D eigenvalue weighted by Gasteiger charge is -2.10. The second-order valence-electron chi connectivity index (χ2n) is 4.77. The summed E-state index contributed by atoms with van der Waals surface area (Å²) in [6.45, 7) is 0. The second kappa shape index (κ2) is 3.36. The van der Waals surface area contributed by atoms with Gasteiger partial charge in [0.05, 0.1) is 5.52 Å². The molecule has 18 heavy (non-hydrogen) atoms. The maximum Gasteiger partial charge on any atom is 0.269 e. The molecule has 0 amide bonds. The predicted octanol–water partition coefficient (Wildman–Crippen LogP) is 3.26. The van der Waals surface area contributed by atoms with Crippen molar-refractivity contribution in [3.63, 3.8) is 0 Å². The number of hydrogen-bond acceptors (Lipinski definition) is 3. The number of thiophene rings is 1. The molecule has 1 aromatic carbocycles. The van der Waals surface area contributed by atoms with Gasteiger partial charge >= 0.3 is 0 Å². The number of phenolic OH excluding ortho intramolecular Hbond substituents is 1. The molecule has 0 aliphatic heterocycles. The molecule has 0 atom stereocenters. The molecule has 2 heterocycles. The molecule has 4 heteroatoms. The molecule has 0 unspecified atom stereocenters. The van der Waals surface area contributed by atoms with Gasteiger partial charge in [0.1, 0.15) is 10.4 Å². The van der Waals surface area contributed by atoms with Gasteiger partial charge in [-0.1, -0.05) is 0 Å². The van der Waals surface area contributed by atoms with Gasteiger partial charge in [-0.3, -0.25) is 4.79 Å². The third-order valence-corrected chi connectivity index (χ3v) is 4.42. The fourth-order valence-corrected chi connectivity index (χ4v) is 3.40. The molecule has 3 nitrogen and oxygen atoms in total. The molecule has 1 fully saturated rings. The van der Waals surface area contributed by atoms with Gasteiger partial charge in [0.15, 0.2) is 0 Å². The molecule has 90 valence electrons. The highest BCUT2D eigenvalue weighted by atomic mass is 32.1. The minimum atomic E-state index is 0.112. The predicted molar refractivity (Wildman–Crippen MR) is 73.5 cm³/mol. The minimum absolute atomic E-state index is 0.112. The van der Waals surface area contributed by atoms with Gasteiger partial charge < -0.3 is 9.67 Å². The van der Waals surface area contributed by atoms with E-state index >= 15 is 0 Å². The number of phenols is 1. The number of aromatic nitrogens is 1. The Morgan fingerprint density at radius 2 is 2.06 bits per heavy atom. The van der Waals surface area contributed by atoms with Crippen LogP contribution in [0.3, 0.4) is 0 Å². The molecule has 2 aromatic heterocycles. The highest BCUT2D eigenvalue weighted by Gasteiger charge is 2.27. The van der Waals surface area contributed by atoms with E-state index in [1.165, 1.54) is 11.3 Å². The van der Waals surface area contributed by atoms with Crippen molar-refractivity contribution >= 4 is 32.3 Å². The Hall–Kier alpha value is -1.81. The van der Waals surface area contributed by atoms with E-state index in [-0.39, 0.29) is 11.3 Å². The lowest BCUT2D eigenvalue weighted by atomic mass is 10.1. The summed E-state index contributed by atoms with van der Waals surface area (Å²) in [4.78, 5) is 12.5. The van der Waals surface area contributed by atoms with Crippen LogP contribution in [0.2, 0.25) is 0 Å². The normalized spacial score (nSPS) is 15.6. The van der Waals surface area contributed by atoms with Crippen molar-refractivity contribution in [3.8, 4) is 5.75 Å². The van der Waals surface area contributed by atoms with Crippen molar-refractivity contribution < 1.29 is 5.11 Å². The Balaban J connectivity index is 2.30. The van der Waals surface area contributed by atoms with Gasteiger partial charge in [0.25, 0.3) is 5.56 Å². The number of benzene rings is 1. The molecular formula is C14H11NO2S. The van der Waals surface area contributed by atoms with E-state index in [1.54, 1.807) is 12.1 Å². The van der Waals surface area contributed by atoms with Crippen LogP contribution in [0.25, 0.3) is 21.0 Å². The molecule has 1 aliphatic carbocycles. The number of aromatic hydroxyl groups is 1. The molecule has 1 aliphatic rings. The van der Waals surface area contributed by atoms with Gasteiger partial charge in [0.2, 0.25) is 0 Å². The summed E-state index contributed by atoms with van der Waals surface area (Å²) < 4.78 is 2.69. The quantitative estimate of drug-likeness (QED) is 0.727. The fraction of sp³-hybridized carbons (Fsp3) is 0.214. The first-order chi connectivity index (χ1) is 8.75. The van der Waals surface area contributed by atoms with Crippen molar-refractivity contribution in [2.45, 2.75) is 18.9 Å². The topological polar surface area (TPSA) is 42.2 Å². The smallest absolute Gasteiger partial charge is 0.269 e. The monoisotopic (exact) mass is 257 g/mol. The lowest BCUT2D eigenvalue weighted by molar-refractivity contribution is 0.476. The largest absolute Gasteiger partial charge is 0.508 e. The number of hydrogen-bond donors (Lipinski definition) is 1. The summed E-state index contributed by atoms with van der Waals surface area (Å²) in [6, 6.07) is 7.56. The van der Waals surface area contributed by atoms with Gasteiger partial charge in [-0.2, -0.15) is 0 Å². The molecule has 4 rings (SSSR count). The summed E-state index contributed by atoms with van der Waals surface area (Å²) in [6.07, 6.45) is 2.15. The van der Waals surface area contributed by atoms with E-state index in [1.807, 2.05) is 22.1 Å². The molecule has 1 N–H and O–H groups in total. The summed E-state index contributed by atoms with van der Waals surface area (Å²) >= 11 is 1.48. The first-order valence-electron chi connectivity index (χ1n) is 6.00. The fourth-order valence-electron chi connectivity index (χ4n) is 2.55. The third-order valence-electron chi connectivity index (χ3n) is 3.52. The summed E-state index contributed by atoms with van der Waals surface area (Å²) in [5.41, 5.74) is 1.05. The van der Waals surface area contributed by atoms with Crippen molar-refractivity contribution in [3.05, 3.63) is 40.0 Å². The van der Waals surface area contributed by atoms with E-state index in [0.717, 1.165) is 33.8 Å². The molecular weight excluding hydrogens is 246 g/mol. The van der Waals surface area contributed by atoms with E-state index in [0.29, 0.717) is 6.04 Å². The Morgan fingerprint density at radius 1 is 1.22 bits per heavy atom. The number of nitrogens with zero attached hydrogens (tertiary/aromatic N) is 1. The number of fused-ring (bicyclic) bond motifs is 3.